The first-order valence-electron chi connectivity index (χ1n) is 8.68. The Labute approximate surface area is 168 Å². The summed E-state index contributed by atoms with van der Waals surface area (Å²) in [4.78, 5) is 32.9. The first-order valence-corrected chi connectivity index (χ1v) is 10.2. The van der Waals surface area contributed by atoms with E-state index in [2.05, 4.69) is 9.82 Å². The number of methoxy groups -OCH3 is 1. The maximum Gasteiger partial charge on any atom is 0.459 e. The molecule has 0 spiro atoms. The molecule has 2 N–H and O–H groups in total. The highest BCUT2D eigenvalue weighted by atomic mass is 31.2. The number of nitro benzene ring substituents is 1. The van der Waals surface area contributed by atoms with Crippen LogP contribution in [0.15, 0.2) is 24.3 Å². The van der Waals surface area contributed by atoms with Crippen molar-refractivity contribution in [3.05, 3.63) is 34.4 Å². The predicted octanol–water partition coefficient (Wildman–Crippen LogP) is 3.14. The Hall–Kier alpha value is -2.49. The zero-order chi connectivity index (χ0) is 22.2. The Bertz CT molecular complexity index is 780. The molecule has 0 fully saturated rings. The summed E-state index contributed by atoms with van der Waals surface area (Å²) in [6.07, 6.45) is 0.521. The minimum atomic E-state index is -4.08. The fourth-order valence-electron chi connectivity index (χ4n) is 2.13. The third-order valence-corrected chi connectivity index (χ3v) is 5.64. The van der Waals surface area contributed by atoms with E-state index in [-0.39, 0.29) is 30.9 Å². The summed E-state index contributed by atoms with van der Waals surface area (Å²) >= 11 is 0. The van der Waals surface area contributed by atoms with Crippen molar-refractivity contribution in [1.29, 1.82) is 0 Å². The summed E-state index contributed by atoms with van der Waals surface area (Å²) in [5, 5.41) is 22.3. The number of hydrogen-bond acceptors (Lipinski definition) is 8. The van der Waals surface area contributed by atoms with Crippen molar-refractivity contribution in [3.63, 3.8) is 0 Å². The quantitative estimate of drug-likeness (QED) is 0.165. The van der Waals surface area contributed by atoms with Gasteiger partial charge in [0.25, 0.3) is 5.69 Å². The van der Waals surface area contributed by atoms with Crippen molar-refractivity contribution in [2.45, 2.75) is 39.7 Å². The number of carbonyl (C=O) groups excluding carboxylic acids is 1. The molecule has 0 aliphatic carbocycles. The number of nitrogens with zero attached hydrogens (tertiary/aromatic N) is 1. The summed E-state index contributed by atoms with van der Waals surface area (Å²) in [6.45, 7) is 4.40. The van der Waals surface area contributed by atoms with Gasteiger partial charge in [-0.05, 0) is 45.7 Å². The minimum absolute atomic E-state index is 0.0226. The lowest BCUT2D eigenvalue weighted by Crippen LogP contribution is -2.34. The molecule has 0 aromatic heterocycles. The Morgan fingerprint density at radius 1 is 1.31 bits per heavy atom. The number of benzene rings is 1. The van der Waals surface area contributed by atoms with Gasteiger partial charge in [0.05, 0.1) is 24.1 Å². The Morgan fingerprint density at radius 2 is 1.90 bits per heavy atom. The van der Waals surface area contributed by atoms with E-state index in [1.807, 2.05) is 0 Å². The highest BCUT2D eigenvalue weighted by molar-refractivity contribution is 7.52. The van der Waals surface area contributed by atoms with Crippen molar-refractivity contribution >= 4 is 25.4 Å². The largest absolute Gasteiger partial charge is 0.481 e. The molecule has 12 heteroatoms. The zero-order valence-electron chi connectivity index (χ0n) is 16.6. The van der Waals surface area contributed by atoms with Crippen molar-refractivity contribution < 1.29 is 38.0 Å². The number of carboxylic acid groups (broad SMARTS) is 1. The third kappa shape index (κ3) is 7.80. The van der Waals surface area contributed by atoms with Gasteiger partial charge in [0.15, 0.2) is 0 Å². The van der Waals surface area contributed by atoms with Crippen LogP contribution in [0.5, 0.6) is 5.75 Å². The number of rotatable bonds is 12. The molecule has 0 amide bonds. The average Bonchev–Trinajstić information content (AvgIpc) is 2.64. The number of carbonyl (C=O) groups is 2. The lowest BCUT2D eigenvalue weighted by molar-refractivity contribution is -0.384. The van der Waals surface area contributed by atoms with Gasteiger partial charge in [-0.15, -0.1) is 0 Å². The molecular formula is C17H25N2O9P. The average molecular weight is 432 g/mol. The topological polar surface area (TPSA) is 154 Å². The van der Waals surface area contributed by atoms with Gasteiger partial charge in [0.1, 0.15) is 11.8 Å². The maximum atomic E-state index is 13.1. The van der Waals surface area contributed by atoms with Crippen LogP contribution in [0.3, 0.4) is 0 Å². The van der Waals surface area contributed by atoms with Crippen LogP contribution in [0.4, 0.5) is 5.69 Å². The summed E-state index contributed by atoms with van der Waals surface area (Å²) in [6, 6.07) is 3.79. The number of hydrogen-bond donors (Lipinski definition) is 2. The van der Waals surface area contributed by atoms with Gasteiger partial charge in [-0.1, -0.05) is 0 Å². The molecule has 11 nitrogen and oxygen atoms in total. The van der Waals surface area contributed by atoms with E-state index in [9.17, 15) is 24.3 Å². The molecule has 2 atom stereocenters. The standard InChI is InChI=1S/C17H25N2O9P/c1-12(15(20)26-4)18-29(25,27-11-5-10-17(2,3)16(21)22)28-14-8-6-13(7-9-14)19(23)24/h6-9,12H,5,10-11H2,1-4H3,(H,18,25)(H,21,22). The summed E-state index contributed by atoms with van der Waals surface area (Å²) in [5.74, 6) is -1.65. The molecule has 0 saturated heterocycles. The number of nitro groups is 1. The SMILES string of the molecule is COC(=O)C(C)NP(=O)(OCCCC(C)(C)C(=O)O)Oc1ccc([N+](=O)[O-])cc1. The van der Waals surface area contributed by atoms with Gasteiger partial charge in [-0.2, -0.15) is 5.09 Å². The van der Waals surface area contributed by atoms with Crippen LogP contribution in [0.25, 0.3) is 0 Å². The molecule has 0 bridgehead atoms. The van der Waals surface area contributed by atoms with Gasteiger partial charge < -0.3 is 14.4 Å². The number of non-ortho nitro benzene ring substituents is 1. The van der Waals surface area contributed by atoms with Crippen LogP contribution in [0, 0.1) is 15.5 Å². The molecule has 1 aromatic rings. The summed E-state index contributed by atoms with van der Waals surface area (Å²) in [5.41, 5.74) is -1.17. The lowest BCUT2D eigenvalue weighted by Gasteiger charge is -2.23. The second kappa shape index (κ2) is 10.3. The molecule has 0 heterocycles. The van der Waals surface area contributed by atoms with Crippen LogP contribution >= 0.6 is 7.75 Å². The summed E-state index contributed by atoms with van der Waals surface area (Å²) in [7, 11) is -2.91. The van der Waals surface area contributed by atoms with Crippen LogP contribution in [0.1, 0.15) is 33.6 Å². The lowest BCUT2D eigenvalue weighted by atomic mass is 9.88. The van der Waals surface area contributed by atoms with E-state index in [1.54, 1.807) is 13.8 Å². The molecule has 162 valence electrons. The van der Waals surface area contributed by atoms with Crippen molar-refractivity contribution in [3.8, 4) is 5.75 Å². The normalized spacial score (nSPS) is 14.5. The van der Waals surface area contributed by atoms with Crippen LogP contribution in [-0.4, -0.2) is 41.7 Å². The minimum Gasteiger partial charge on any atom is -0.481 e. The van der Waals surface area contributed by atoms with Crippen molar-refractivity contribution in [2.75, 3.05) is 13.7 Å². The molecule has 0 saturated carbocycles. The van der Waals surface area contributed by atoms with Crippen LogP contribution < -0.4 is 9.61 Å². The predicted molar refractivity (Wildman–Crippen MR) is 103 cm³/mol. The highest BCUT2D eigenvalue weighted by Gasteiger charge is 2.33. The molecule has 0 aliphatic heterocycles. The number of aliphatic carboxylic acids is 1. The van der Waals surface area contributed by atoms with E-state index >= 15 is 0 Å². The van der Waals surface area contributed by atoms with Gasteiger partial charge in [-0.3, -0.25) is 24.2 Å². The van der Waals surface area contributed by atoms with Gasteiger partial charge in [0, 0.05) is 12.1 Å². The van der Waals surface area contributed by atoms with E-state index in [4.69, 9.17) is 14.2 Å². The van der Waals surface area contributed by atoms with Gasteiger partial charge in [0.2, 0.25) is 0 Å². The molecule has 1 rings (SSSR count). The highest BCUT2D eigenvalue weighted by Crippen LogP contribution is 2.45. The maximum absolute atomic E-state index is 13.1. The number of esters is 1. The van der Waals surface area contributed by atoms with Gasteiger partial charge in [-0.25, -0.2) is 4.57 Å². The van der Waals surface area contributed by atoms with Crippen molar-refractivity contribution in [1.82, 2.24) is 5.09 Å². The smallest absolute Gasteiger partial charge is 0.459 e. The van der Waals surface area contributed by atoms with Crippen LogP contribution in [0.2, 0.25) is 0 Å². The number of ether oxygens (including phenoxy) is 1. The molecule has 0 aliphatic rings. The first-order chi connectivity index (χ1) is 13.4. The van der Waals surface area contributed by atoms with Crippen molar-refractivity contribution in [2.24, 2.45) is 5.41 Å². The molecule has 1 aromatic carbocycles. The second-order valence-corrected chi connectivity index (χ2v) is 8.53. The Morgan fingerprint density at radius 3 is 2.38 bits per heavy atom. The second-order valence-electron chi connectivity index (χ2n) is 6.84. The fraction of sp³-hybridized carbons (Fsp3) is 0.529. The van der Waals surface area contributed by atoms with E-state index in [1.165, 1.54) is 31.2 Å². The van der Waals surface area contributed by atoms with E-state index in [0.29, 0.717) is 0 Å². The zero-order valence-corrected chi connectivity index (χ0v) is 17.5. The summed E-state index contributed by atoms with van der Waals surface area (Å²) < 4.78 is 28.3. The molecule has 2 unspecified atom stereocenters. The number of nitrogens with one attached hydrogen (secondary N) is 1. The Kier molecular flexibility index (Phi) is 8.75. The van der Waals surface area contributed by atoms with Crippen LogP contribution in [-0.2, 0) is 23.4 Å². The third-order valence-electron chi connectivity index (χ3n) is 3.97. The molecular weight excluding hydrogens is 407 g/mol. The first kappa shape index (κ1) is 24.5. The van der Waals surface area contributed by atoms with E-state index < -0.39 is 36.1 Å². The Balaban J connectivity index is 2.88. The van der Waals surface area contributed by atoms with Gasteiger partial charge >= 0.3 is 19.7 Å². The molecule has 29 heavy (non-hydrogen) atoms. The number of carboxylic acids is 1. The molecule has 0 radical (unpaired) electrons. The fourth-order valence-corrected chi connectivity index (χ4v) is 3.66. The monoisotopic (exact) mass is 432 g/mol. The van der Waals surface area contributed by atoms with E-state index in [0.717, 1.165) is 7.11 Å².